The van der Waals surface area contributed by atoms with Crippen molar-refractivity contribution < 1.29 is 98.9 Å². The lowest BCUT2D eigenvalue weighted by molar-refractivity contribution is -0.138. The van der Waals surface area contributed by atoms with Crippen molar-refractivity contribution in [2.45, 2.75) is 161 Å². The summed E-state index contributed by atoms with van der Waals surface area (Å²) < 4.78 is 119. The summed E-state index contributed by atoms with van der Waals surface area (Å²) >= 11 is 0. The van der Waals surface area contributed by atoms with Gasteiger partial charge in [-0.25, -0.2) is 86.2 Å². The largest absolute Gasteiger partial charge is 0.416 e. The zero-order valence-corrected chi connectivity index (χ0v) is 73.6. The third kappa shape index (κ3) is 31.1. The molecule has 12 rings (SSSR count). The topological polar surface area (TPSA) is 378 Å². The third-order valence-electron chi connectivity index (χ3n) is 20.7. The number of aliphatic hydroxyl groups is 6. The Kier molecular flexibility index (Phi) is 37.9. The van der Waals surface area contributed by atoms with E-state index in [-0.39, 0.29) is 80.4 Å². The van der Waals surface area contributed by atoms with Crippen molar-refractivity contribution in [2.24, 2.45) is 0 Å². The molecule has 24 nitrogen and oxygen atoms in total. The van der Waals surface area contributed by atoms with Gasteiger partial charge in [0, 0.05) is 119 Å². The maximum Gasteiger partial charge on any atom is 0.416 e. The van der Waals surface area contributed by atoms with Crippen LogP contribution in [0.15, 0.2) is 202 Å². The molecule has 0 bridgehead atoms. The fraction of sp³-hybridized carbons (Fsp3) is 0.320. The second-order valence-electron chi connectivity index (χ2n) is 33.4. The fourth-order valence-corrected chi connectivity index (χ4v) is 13.2. The van der Waals surface area contributed by atoms with Crippen LogP contribution in [0.4, 0.5) is 39.5 Å². The van der Waals surface area contributed by atoms with Crippen LogP contribution in [-0.4, -0.2) is 165 Å². The van der Waals surface area contributed by atoms with E-state index in [9.17, 15) is 68.3 Å². The minimum atomic E-state index is -4.64. The van der Waals surface area contributed by atoms with Crippen LogP contribution in [0.3, 0.4) is 0 Å². The lowest BCUT2D eigenvalue weighted by Crippen LogP contribution is -2.23. The van der Waals surface area contributed by atoms with E-state index < -0.39 is 109 Å². The van der Waals surface area contributed by atoms with Gasteiger partial charge in [0.2, 0.25) is 0 Å². The van der Waals surface area contributed by atoms with Gasteiger partial charge in [-0.2, -0.15) is 13.2 Å². The molecule has 12 aromatic rings. The predicted molar refractivity (Wildman–Crippen MR) is 465 cm³/mol. The maximum atomic E-state index is 13.9. The average Bonchev–Trinajstić information content (AvgIpc) is 0.805. The highest BCUT2D eigenvalue weighted by molar-refractivity contribution is 5.98. The first-order valence-corrected chi connectivity index (χ1v) is 40.6. The summed E-state index contributed by atoms with van der Waals surface area (Å²) in [6.07, 6.45) is 14.5. The number of hydrogen-bond donors (Lipinski definition) is 6. The van der Waals surface area contributed by atoms with Crippen LogP contribution in [0.25, 0.3) is 0 Å². The lowest BCUT2D eigenvalue weighted by atomic mass is 9.79. The normalized spacial score (nSPS) is 11.5. The number of alkyl halides is 3. The Hall–Kier alpha value is -13.1. The number of carbonyl (C=O) groups is 6. The number of hydrogen-bond acceptors (Lipinski definition) is 24. The molecule has 684 valence electrons. The van der Waals surface area contributed by atoms with E-state index in [1.165, 1.54) is 128 Å². The highest BCUT2D eigenvalue weighted by Crippen LogP contribution is 2.36. The van der Waals surface area contributed by atoms with E-state index in [2.05, 4.69) is 105 Å². The molecule has 0 saturated carbocycles. The van der Waals surface area contributed by atoms with Crippen molar-refractivity contribution in [1.82, 2.24) is 59.8 Å². The number of Topliss-reactive ketones (excluding diaryl/α,β-unsaturated/α-hetero) is 6. The SMILES string of the molecule is CC(C)(Cc1ncc(C(=O)CO)cn1)c1ccc(F)cc1.CC(C)(Cc1ncc(C(=O)CO)cn1)c1ccc(F)cc1F.CC(C)(Cc1ncc(C(=O)CO)cn1)c1ccccc1F.Cc1cc(F)ccc1C(C)(C)Cc1ncc(C(=O)CO)cn1.Cc1ccc(C(C)(C)Cc2ncc(C(=O)CO)cn2)cc1.O=C(CO)c1cnc(CCc2ccc(F)cc2C(F)(F)F)nc1. The van der Waals surface area contributed by atoms with E-state index in [0.717, 1.165) is 34.9 Å². The molecular formula is C97H101F9N12O12. The van der Waals surface area contributed by atoms with Gasteiger partial charge in [0.15, 0.2) is 34.7 Å². The van der Waals surface area contributed by atoms with Crippen LogP contribution in [0, 0.1) is 48.8 Å². The van der Waals surface area contributed by atoms with E-state index >= 15 is 0 Å². The molecule has 0 radical (unpaired) electrons. The van der Waals surface area contributed by atoms with Gasteiger partial charge in [0.1, 0.15) is 109 Å². The molecule has 0 spiro atoms. The minimum absolute atomic E-state index is 0.0254. The summed E-state index contributed by atoms with van der Waals surface area (Å²) in [6.45, 7) is 20.4. The summed E-state index contributed by atoms with van der Waals surface area (Å²) in [5.41, 5.74) is 5.09. The summed E-state index contributed by atoms with van der Waals surface area (Å²) in [5, 5.41) is 52.6. The molecule has 6 N–H and O–H groups in total. The molecule has 33 heteroatoms. The van der Waals surface area contributed by atoms with Gasteiger partial charge in [-0.15, -0.1) is 0 Å². The minimum Gasteiger partial charge on any atom is -0.388 e. The van der Waals surface area contributed by atoms with E-state index in [1.807, 2.05) is 48.5 Å². The molecule has 0 aliphatic rings. The predicted octanol–water partition coefficient (Wildman–Crippen LogP) is 14.8. The number of benzene rings is 6. The van der Waals surface area contributed by atoms with Crippen LogP contribution in [-0.2, 0) is 78.2 Å². The first-order chi connectivity index (χ1) is 61.2. The summed E-state index contributed by atoms with van der Waals surface area (Å²) in [6, 6.07) is 32.2. The van der Waals surface area contributed by atoms with Gasteiger partial charge in [-0.1, -0.05) is 148 Å². The first-order valence-electron chi connectivity index (χ1n) is 40.6. The van der Waals surface area contributed by atoms with Crippen molar-refractivity contribution in [2.75, 3.05) is 39.6 Å². The van der Waals surface area contributed by atoms with Gasteiger partial charge in [-0.3, -0.25) is 28.8 Å². The highest BCUT2D eigenvalue weighted by atomic mass is 19.4. The Morgan fingerprint density at radius 3 is 0.862 bits per heavy atom. The van der Waals surface area contributed by atoms with Gasteiger partial charge in [0.05, 0.1) is 38.9 Å². The summed E-state index contributed by atoms with van der Waals surface area (Å²) in [4.78, 5) is 117. The van der Waals surface area contributed by atoms with Gasteiger partial charge in [-0.05, 0) is 135 Å². The first kappa shape index (κ1) is 104. The zero-order valence-electron chi connectivity index (χ0n) is 73.6. The molecule has 6 aromatic heterocycles. The molecule has 0 saturated heterocycles. The average molecular weight is 1800 g/mol. The molecule has 0 amide bonds. The van der Waals surface area contributed by atoms with Crippen molar-refractivity contribution in [3.63, 3.8) is 0 Å². The van der Waals surface area contributed by atoms with Crippen LogP contribution in [0.2, 0.25) is 0 Å². The Labute approximate surface area is 745 Å². The van der Waals surface area contributed by atoms with Crippen molar-refractivity contribution in [3.8, 4) is 0 Å². The van der Waals surface area contributed by atoms with E-state index in [1.54, 1.807) is 50.2 Å². The number of nitrogens with zero attached hydrogens (tertiary/aromatic N) is 12. The van der Waals surface area contributed by atoms with Gasteiger partial charge < -0.3 is 30.6 Å². The standard InChI is InChI=1S/C17H19FN2O2.C17H20N2O2.C16H16F2N2O2.2C16H17FN2O2.C15H12F4N2O2/c1-11-6-13(18)4-5-14(11)17(2,3)7-16-19-8-12(9-20-16)15(22)10-21;1-12-4-6-14(7-5-12)17(2,3)8-16-18-9-13(10-19-16)15(21)11-20;1-16(2,12-4-3-11(17)5-13(12)18)6-15-19-7-10(8-20-15)14(22)9-21;1-16(2,12-3-5-13(17)6-4-12)7-15-18-8-11(9-19-15)14(21)10-20;1-16(2,12-5-3-4-6-13(12)17)7-15-18-8-11(9-19-15)14(21)10-20;16-11-3-1-9(12(5-11)15(17,18)19)2-4-14-20-6-10(7-21-14)13(23)8-22/h4-6,8-9,21H,7,10H2,1-3H3;4-7,9-10,20H,8,11H2,1-3H3;3-5,7-8,21H,6,9H2,1-2H3;2*3-6,8-9,20H,7,10H2,1-2H3;1,3,5-7,22H,2,4,8H2. The van der Waals surface area contributed by atoms with Crippen molar-refractivity contribution in [1.29, 1.82) is 0 Å². The van der Waals surface area contributed by atoms with Crippen molar-refractivity contribution >= 4 is 34.7 Å². The Morgan fingerprint density at radius 1 is 0.277 bits per heavy atom. The van der Waals surface area contributed by atoms with E-state index in [4.69, 9.17) is 30.6 Å². The van der Waals surface area contributed by atoms with Crippen LogP contribution >= 0.6 is 0 Å². The molecular weight excluding hydrogens is 1700 g/mol. The zero-order chi connectivity index (χ0) is 96.1. The smallest absolute Gasteiger partial charge is 0.388 e. The third-order valence-corrected chi connectivity index (χ3v) is 20.7. The number of ketones is 6. The number of aromatic nitrogens is 12. The summed E-state index contributed by atoms with van der Waals surface area (Å²) in [5.74, 6) is -2.47. The highest BCUT2D eigenvalue weighted by Gasteiger charge is 2.35. The van der Waals surface area contributed by atoms with Crippen LogP contribution in [0.5, 0.6) is 0 Å². The number of rotatable bonds is 30. The molecule has 0 aliphatic heterocycles. The van der Waals surface area contributed by atoms with Gasteiger partial charge >= 0.3 is 6.18 Å². The number of halogens is 9. The van der Waals surface area contributed by atoms with Gasteiger partial charge in [0.25, 0.3) is 0 Å². The Balaban J connectivity index is 0.000000213. The molecule has 6 aromatic carbocycles. The van der Waals surface area contributed by atoms with E-state index in [0.29, 0.717) is 95.1 Å². The van der Waals surface area contributed by atoms with Crippen molar-refractivity contribution in [3.05, 3.63) is 355 Å². The summed E-state index contributed by atoms with van der Waals surface area (Å²) in [7, 11) is 0. The quantitative estimate of drug-likeness (QED) is 0.0180. The Morgan fingerprint density at radius 2 is 0.546 bits per heavy atom. The Bertz CT molecular complexity index is 5550. The van der Waals surface area contributed by atoms with Crippen LogP contribution < -0.4 is 0 Å². The fourth-order valence-electron chi connectivity index (χ4n) is 13.2. The molecule has 0 aliphatic carbocycles. The number of aryl methyl sites for hydroxylation is 4. The maximum absolute atomic E-state index is 13.9. The number of aliphatic hydroxyl groups excluding tert-OH is 6. The molecule has 0 unspecified atom stereocenters. The monoisotopic (exact) mass is 1800 g/mol. The molecule has 0 fully saturated rings. The molecule has 0 atom stereocenters. The number of carbonyl (C=O) groups excluding carboxylic acids is 6. The van der Waals surface area contributed by atoms with Crippen LogP contribution in [0.1, 0.15) is 216 Å². The molecule has 6 heterocycles. The molecule has 130 heavy (non-hydrogen) atoms. The lowest BCUT2D eigenvalue weighted by Gasteiger charge is -2.26. The second-order valence-corrected chi connectivity index (χ2v) is 33.4. The second kappa shape index (κ2) is 47.3.